The van der Waals surface area contributed by atoms with Gasteiger partial charge in [-0.15, -0.1) is 10.2 Å². The third-order valence-electron chi connectivity index (χ3n) is 5.84. The van der Waals surface area contributed by atoms with Crippen molar-refractivity contribution >= 4 is 17.7 Å². The van der Waals surface area contributed by atoms with Gasteiger partial charge in [-0.3, -0.25) is 9.36 Å². The Morgan fingerprint density at radius 2 is 1.75 bits per heavy atom. The van der Waals surface area contributed by atoms with E-state index >= 15 is 0 Å². The van der Waals surface area contributed by atoms with Crippen LogP contribution < -0.4 is 4.74 Å². The Hall–Kier alpha value is -2.84. The van der Waals surface area contributed by atoms with Crippen molar-refractivity contribution < 1.29 is 9.53 Å². The number of aromatic nitrogens is 3. The molecule has 0 aliphatic carbocycles. The molecule has 4 rings (SSSR count). The quantitative estimate of drug-likeness (QED) is 0.511. The molecule has 8 heteroatoms. The van der Waals surface area contributed by atoms with Crippen LogP contribution in [-0.4, -0.2) is 70.3 Å². The van der Waals surface area contributed by atoms with Gasteiger partial charge in [-0.1, -0.05) is 36.9 Å². The second-order valence-corrected chi connectivity index (χ2v) is 8.68. The number of ether oxygens (including phenoxy) is 1. The predicted molar refractivity (Wildman–Crippen MR) is 127 cm³/mol. The molecule has 1 saturated heterocycles. The Bertz CT molecular complexity index is 1060. The molecular weight excluding hydrogens is 422 g/mol. The summed E-state index contributed by atoms with van der Waals surface area (Å²) in [6, 6.07) is 15.7. The molecule has 7 nitrogen and oxygen atoms in total. The highest BCUT2D eigenvalue weighted by molar-refractivity contribution is 7.98. The van der Waals surface area contributed by atoms with E-state index in [-0.39, 0.29) is 5.91 Å². The lowest BCUT2D eigenvalue weighted by atomic mass is 10.1. The van der Waals surface area contributed by atoms with Gasteiger partial charge < -0.3 is 14.5 Å². The Morgan fingerprint density at radius 3 is 2.44 bits per heavy atom. The van der Waals surface area contributed by atoms with Crippen LogP contribution in [0.2, 0.25) is 0 Å². The molecule has 0 radical (unpaired) electrons. The molecule has 2 heterocycles. The molecule has 0 saturated carbocycles. The molecule has 3 aromatic rings. The van der Waals surface area contributed by atoms with Crippen LogP contribution in [-0.2, 0) is 5.75 Å². The van der Waals surface area contributed by atoms with Gasteiger partial charge in [0.1, 0.15) is 11.6 Å². The number of piperazine rings is 1. The van der Waals surface area contributed by atoms with Crippen LogP contribution in [0.25, 0.3) is 5.69 Å². The number of aryl methyl sites for hydroxylation is 1. The van der Waals surface area contributed by atoms with Crippen molar-refractivity contribution in [1.29, 1.82) is 0 Å². The average molecular weight is 452 g/mol. The number of hydrogen-bond donors (Lipinski definition) is 0. The first-order chi connectivity index (χ1) is 15.6. The number of benzene rings is 2. The maximum Gasteiger partial charge on any atom is 0.254 e. The van der Waals surface area contributed by atoms with Crippen LogP contribution >= 0.6 is 11.8 Å². The number of thioether (sulfide) groups is 1. The van der Waals surface area contributed by atoms with Gasteiger partial charge in [-0.25, -0.2) is 0 Å². The molecule has 1 aliphatic rings. The van der Waals surface area contributed by atoms with Crippen LogP contribution in [0.3, 0.4) is 0 Å². The number of nitrogens with zero attached hydrogens (tertiary/aromatic N) is 5. The Morgan fingerprint density at radius 1 is 1.03 bits per heavy atom. The van der Waals surface area contributed by atoms with Crippen molar-refractivity contribution in [1.82, 2.24) is 24.6 Å². The van der Waals surface area contributed by atoms with Crippen LogP contribution in [0.4, 0.5) is 0 Å². The molecule has 0 spiro atoms. The summed E-state index contributed by atoms with van der Waals surface area (Å²) in [6.07, 6.45) is 0. The van der Waals surface area contributed by atoms with Gasteiger partial charge in [0.15, 0.2) is 5.16 Å². The SMILES string of the molecule is CCN1CCN(C(=O)c2ccccc2CSc2nnc(C)n2-c2ccc(OC)cc2)CC1. The van der Waals surface area contributed by atoms with Gasteiger partial charge in [0, 0.05) is 43.2 Å². The minimum atomic E-state index is 0.116. The minimum Gasteiger partial charge on any atom is -0.497 e. The number of methoxy groups -OCH3 is 1. The third kappa shape index (κ3) is 4.81. The number of carbonyl (C=O) groups is 1. The molecule has 0 atom stereocenters. The van der Waals surface area contributed by atoms with Crippen LogP contribution in [0.5, 0.6) is 5.75 Å². The van der Waals surface area contributed by atoms with Gasteiger partial charge >= 0.3 is 0 Å². The summed E-state index contributed by atoms with van der Waals surface area (Å²) in [4.78, 5) is 17.6. The number of hydrogen-bond acceptors (Lipinski definition) is 6. The molecule has 32 heavy (non-hydrogen) atoms. The van der Waals surface area contributed by atoms with Crippen molar-refractivity contribution in [3.05, 3.63) is 65.5 Å². The van der Waals surface area contributed by atoms with Crippen molar-refractivity contribution in [2.24, 2.45) is 0 Å². The lowest BCUT2D eigenvalue weighted by Crippen LogP contribution is -2.48. The van der Waals surface area contributed by atoms with Crippen molar-refractivity contribution in [2.45, 2.75) is 24.8 Å². The fraction of sp³-hybridized carbons (Fsp3) is 0.375. The summed E-state index contributed by atoms with van der Waals surface area (Å²) in [5, 5.41) is 9.45. The summed E-state index contributed by atoms with van der Waals surface area (Å²) < 4.78 is 7.29. The Kier molecular flexibility index (Phi) is 7.12. The van der Waals surface area contributed by atoms with E-state index in [1.807, 2.05) is 64.9 Å². The first-order valence-electron chi connectivity index (χ1n) is 10.9. The molecule has 1 amide bonds. The molecule has 1 fully saturated rings. The first-order valence-corrected chi connectivity index (χ1v) is 11.9. The maximum absolute atomic E-state index is 13.2. The normalized spacial score (nSPS) is 14.5. The van der Waals surface area contributed by atoms with Crippen LogP contribution in [0.15, 0.2) is 53.7 Å². The second-order valence-electron chi connectivity index (χ2n) is 7.74. The van der Waals surface area contributed by atoms with Crippen molar-refractivity contribution in [3.8, 4) is 11.4 Å². The molecule has 0 bridgehead atoms. The predicted octanol–water partition coefficient (Wildman–Crippen LogP) is 3.65. The Labute approximate surface area is 193 Å². The minimum absolute atomic E-state index is 0.116. The fourth-order valence-corrected chi connectivity index (χ4v) is 4.90. The zero-order valence-electron chi connectivity index (χ0n) is 18.8. The first kappa shape index (κ1) is 22.4. The van der Waals surface area contributed by atoms with Crippen LogP contribution in [0.1, 0.15) is 28.7 Å². The highest BCUT2D eigenvalue weighted by Gasteiger charge is 2.23. The molecule has 1 aliphatic heterocycles. The number of likely N-dealkylation sites (N-methyl/N-ethyl adjacent to an activating group) is 1. The van der Waals surface area contributed by atoms with Crippen LogP contribution in [0, 0.1) is 6.92 Å². The summed E-state index contributed by atoms with van der Waals surface area (Å²) >= 11 is 1.59. The van der Waals surface area contributed by atoms with E-state index < -0.39 is 0 Å². The molecule has 0 N–H and O–H groups in total. The Balaban J connectivity index is 1.50. The fourth-order valence-electron chi connectivity index (χ4n) is 3.90. The lowest BCUT2D eigenvalue weighted by molar-refractivity contribution is 0.0642. The van der Waals surface area contributed by atoms with E-state index in [0.717, 1.165) is 66.3 Å². The number of amides is 1. The smallest absolute Gasteiger partial charge is 0.254 e. The molecule has 1 aromatic heterocycles. The monoisotopic (exact) mass is 451 g/mol. The van der Waals surface area contributed by atoms with Crippen molar-refractivity contribution in [3.63, 3.8) is 0 Å². The van der Waals surface area contributed by atoms with E-state index in [4.69, 9.17) is 4.74 Å². The van der Waals surface area contributed by atoms with E-state index in [9.17, 15) is 4.79 Å². The summed E-state index contributed by atoms with van der Waals surface area (Å²) in [6.45, 7) is 8.56. The zero-order valence-corrected chi connectivity index (χ0v) is 19.6. The summed E-state index contributed by atoms with van der Waals surface area (Å²) in [7, 11) is 1.66. The summed E-state index contributed by atoms with van der Waals surface area (Å²) in [5.74, 6) is 2.38. The third-order valence-corrected chi connectivity index (χ3v) is 6.81. The van der Waals surface area contributed by atoms with Gasteiger partial charge in [-0.2, -0.15) is 0 Å². The number of carbonyl (C=O) groups excluding carboxylic acids is 1. The zero-order chi connectivity index (χ0) is 22.5. The summed E-state index contributed by atoms with van der Waals surface area (Å²) in [5.41, 5.74) is 2.77. The topological polar surface area (TPSA) is 63.5 Å². The van der Waals surface area contributed by atoms with Gasteiger partial charge in [0.2, 0.25) is 0 Å². The van der Waals surface area contributed by atoms with E-state index in [1.54, 1.807) is 18.9 Å². The molecule has 2 aromatic carbocycles. The number of rotatable bonds is 7. The van der Waals surface area contributed by atoms with Gasteiger partial charge in [0.25, 0.3) is 5.91 Å². The highest BCUT2D eigenvalue weighted by atomic mass is 32.2. The average Bonchev–Trinajstić information content (AvgIpc) is 3.22. The van der Waals surface area contributed by atoms with E-state index in [0.29, 0.717) is 5.75 Å². The maximum atomic E-state index is 13.2. The van der Waals surface area contributed by atoms with E-state index in [1.165, 1.54) is 0 Å². The largest absolute Gasteiger partial charge is 0.497 e. The highest BCUT2D eigenvalue weighted by Crippen LogP contribution is 2.27. The van der Waals surface area contributed by atoms with Gasteiger partial charge in [0.05, 0.1) is 7.11 Å². The molecule has 168 valence electrons. The second kappa shape index (κ2) is 10.2. The lowest BCUT2D eigenvalue weighted by Gasteiger charge is -2.34. The molecular formula is C24H29N5O2S. The van der Waals surface area contributed by atoms with E-state index in [2.05, 4.69) is 22.0 Å². The van der Waals surface area contributed by atoms with Crippen molar-refractivity contribution in [2.75, 3.05) is 39.8 Å². The molecule has 0 unspecified atom stereocenters. The standard InChI is InChI=1S/C24H29N5O2S/c1-4-27-13-15-28(16-14-27)23(30)22-8-6-5-7-19(22)17-32-24-26-25-18(2)29(24)20-9-11-21(31-3)12-10-20/h5-12H,4,13-17H2,1-3H3. The van der Waals surface area contributed by atoms with Gasteiger partial charge in [-0.05, 0) is 49.4 Å².